The molecule has 1 aliphatic heterocycles. The molecule has 144 valence electrons. The Labute approximate surface area is 156 Å². The van der Waals surface area contributed by atoms with Crippen LogP contribution in [-0.2, 0) is 22.4 Å². The van der Waals surface area contributed by atoms with Gasteiger partial charge in [-0.05, 0) is 48.2 Å². The fourth-order valence-corrected chi connectivity index (χ4v) is 3.40. The molecule has 0 unspecified atom stereocenters. The lowest BCUT2D eigenvalue weighted by atomic mass is 9.85. The number of hydrogen-bond acceptors (Lipinski definition) is 7. The number of ether oxygens (including phenoxy) is 3. The molecule has 3 N–H and O–H groups in total. The number of rotatable bonds is 6. The third-order valence-corrected chi connectivity index (χ3v) is 4.84. The third kappa shape index (κ3) is 3.86. The molecular formula is C20H22O7. The smallest absolute Gasteiger partial charge is 0.309 e. The van der Waals surface area contributed by atoms with Crippen LogP contribution in [0.2, 0.25) is 0 Å². The molecule has 0 saturated carbocycles. The summed E-state index contributed by atoms with van der Waals surface area (Å²) in [4.78, 5) is 12.2. The Morgan fingerprint density at radius 2 is 1.63 bits per heavy atom. The van der Waals surface area contributed by atoms with Crippen LogP contribution in [0.3, 0.4) is 0 Å². The van der Waals surface area contributed by atoms with E-state index in [0.717, 1.165) is 5.56 Å². The number of methoxy groups -OCH3 is 2. The van der Waals surface area contributed by atoms with Gasteiger partial charge in [0.05, 0.1) is 26.7 Å². The van der Waals surface area contributed by atoms with E-state index in [1.807, 2.05) is 18.2 Å². The molecule has 0 amide bonds. The maximum absolute atomic E-state index is 12.2. The summed E-state index contributed by atoms with van der Waals surface area (Å²) in [5, 5.41) is 28.8. The van der Waals surface area contributed by atoms with Crippen LogP contribution in [0, 0.1) is 11.8 Å². The van der Waals surface area contributed by atoms with Crippen molar-refractivity contribution >= 4 is 5.97 Å². The van der Waals surface area contributed by atoms with Gasteiger partial charge in [-0.15, -0.1) is 0 Å². The van der Waals surface area contributed by atoms with E-state index in [1.165, 1.54) is 12.1 Å². The van der Waals surface area contributed by atoms with Gasteiger partial charge in [-0.3, -0.25) is 4.79 Å². The first-order valence-electron chi connectivity index (χ1n) is 8.54. The third-order valence-electron chi connectivity index (χ3n) is 4.84. The SMILES string of the molecule is COc1ccc(C[C@@H]2COC(=O)[C@H]2Cc2cc(O)c(O)c(O)c2)cc1OC. The standard InChI is InChI=1S/C20H22O7/c1-25-17-4-3-11(9-18(17)26-2)5-13-10-27-20(24)14(13)6-12-7-15(21)19(23)16(22)8-12/h3-4,7-9,13-14,21-23H,5-6,10H2,1-2H3/t13-,14+/m1/s1. The van der Waals surface area contributed by atoms with Crippen molar-refractivity contribution in [1.82, 2.24) is 0 Å². The minimum atomic E-state index is -0.574. The maximum atomic E-state index is 12.2. The number of cyclic esters (lactones) is 1. The molecule has 2 atom stereocenters. The van der Waals surface area contributed by atoms with Gasteiger partial charge in [0.2, 0.25) is 0 Å². The van der Waals surface area contributed by atoms with E-state index in [0.29, 0.717) is 30.1 Å². The Morgan fingerprint density at radius 1 is 0.963 bits per heavy atom. The number of aromatic hydroxyl groups is 3. The number of esters is 1. The van der Waals surface area contributed by atoms with Crippen molar-refractivity contribution in [2.24, 2.45) is 11.8 Å². The van der Waals surface area contributed by atoms with Crippen LogP contribution in [-0.4, -0.2) is 42.1 Å². The fraction of sp³-hybridized carbons (Fsp3) is 0.350. The predicted molar refractivity (Wildman–Crippen MR) is 96.3 cm³/mol. The number of phenolic OH excluding ortho intramolecular Hbond substituents is 3. The summed E-state index contributed by atoms with van der Waals surface area (Å²) in [7, 11) is 3.13. The van der Waals surface area contributed by atoms with Gasteiger partial charge in [0, 0.05) is 5.92 Å². The lowest BCUT2D eigenvalue weighted by Gasteiger charge is -2.17. The molecule has 27 heavy (non-hydrogen) atoms. The zero-order valence-electron chi connectivity index (χ0n) is 15.1. The van der Waals surface area contributed by atoms with Crippen LogP contribution in [0.15, 0.2) is 30.3 Å². The molecule has 7 nitrogen and oxygen atoms in total. The Bertz CT molecular complexity index is 823. The molecule has 0 bridgehead atoms. The molecule has 1 aliphatic rings. The van der Waals surface area contributed by atoms with Crippen molar-refractivity contribution in [2.45, 2.75) is 12.8 Å². The highest BCUT2D eigenvalue weighted by atomic mass is 16.5. The lowest BCUT2D eigenvalue weighted by Crippen LogP contribution is -2.20. The van der Waals surface area contributed by atoms with Gasteiger partial charge in [0.15, 0.2) is 28.7 Å². The summed E-state index contributed by atoms with van der Waals surface area (Å²) in [6.45, 7) is 0.299. The van der Waals surface area contributed by atoms with Crippen LogP contribution < -0.4 is 9.47 Å². The van der Waals surface area contributed by atoms with Gasteiger partial charge >= 0.3 is 5.97 Å². The first-order chi connectivity index (χ1) is 12.9. The van der Waals surface area contributed by atoms with Crippen LogP contribution in [0.4, 0.5) is 0 Å². The van der Waals surface area contributed by atoms with Gasteiger partial charge in [-0.25, -0.2) is 0 Å². The molecule has 0 aromatic heterocycles. The molecule has 1 heterocycles. The molecule has 2 aromatic carbocycles. The summed E-state index contributed by atoms with van der Waals surface area (Å²) < 4.78 is 15.8. The molecule has 1 saturated heterocycles. The Hall–Kier alpha value is -3.09. The molecule has 1 fully saturated rings. The van der Waals surface area contributed by atoms with Crippen LogP contribution in [0.1, 0.15) is 11.1 Å². The maximum Gasteiger partial charge on any atom is 0.309 e. The van der Waals surface area contributed by atoms with E-state index in [1.54, 1.807) is 14.2 Å². The fourth-order valence-electron chi connectivity index (χ4n) is 3.40. The number of hydrogen-bond donors (Lipinski definition) is 3. The van der Waals surface area contributed by atoms with Gasteiger partial charge in [0.1, 0.15) is 0 Å². The van der Waals surface area contributed by atoms with Crippen molar-refractivity contribution in [3.05, 3.63) is 41.5 Å². The highest BCUT2D eigenvalue weighted by molar-refractivity contribution is 5.75. The van der Waals surface area contributed by atoms with E-state index >= 15 is 0 Å². The first-order valence-corrected chi connectivity index (χ1v) is 8.54. The van der Waals surface area contributed by atoms with Gasteiger partial charge in [-0.2, -0.15) is 0 Å². The zero-order chi connectivity index (χ0) is 19.6. The lowest BCUT2D eigenvalue weighted by molar-refractivity contribution is -0.141. The van der Waals surface area contributed by atoms with Crippen LogP contribution in [0.5, 0.6) is 28.7 Å². The van der Waals surface area contributed by atoms with Gasteiger partial charge in [-0.1, -0.05) is 6.07 Å². The van der Waals surface area contributed by atoms with Crippen molar-refractivity contribution in [3.63, 3.8) is 0 Å². The Kier molecular flexibility index (Phi) is 5.30. The van der Waals surface area contributed by atoms with E-state index in [2.05, 4.69) is 0 Å². The summed E-state index contributed by atoms with van der Waals surface area (Å²) in [6, 6.07) is 8.29. The summed E-state index contributed by atoms with van der Waals surface area (Å²) >= 11 is 0. The average molecular weight is 374 g/mol. The summed E-state index contributed by atoms with van der Waals surface area (Å²) in [6.07, 6.45) is 0.894. The van der Waals surface area contributed by atoms with Gasteiger partial charge < -0.3 is 29.5 Å². The predicted octanol–water partition coefficient (Wildman–Crippen LogP) is 2.40. The largest absolute Gasteiger partial charge is 0.504 e. The second-order valence-electron chi connectivity index (χ2n) is 6.58. The highest BCUT2D eigenvalue weighted by Crippen LogP contribution is 2.38. The van der Waals surface area contributed by atoms with E-state index in [-0.39, 0.29) is 18.3 Å². The van der Waals surface area contributed by atoms with Crippen LogP contribution in [0.25, 0.3) is 0 Å². The number of benzene rings is 2. The molecular weight excluding hydrogens is 352 g/mol. The topological polar surface area (TPSA) is 105 Å². The number of carbonyl (C=O) groups is 1. The normalized spacial score (nSPS) is 19.0. The number of phenols is 3. The molecule has 0 spiro atoms. The molecule has 3 rings (SSSR count). The molecule has 2 aromatic rings. The Balaban J connectivity index is 1.79. The number of carbonyl (C=O) groups excluding carboxylic acids is 1. The van der Waals surface area contributed by atoms with E-state index < -0.39 is 23.2 Å². The molecule has 0 aliphatic carbocycles. The van der Waals surface area contributed by atoms with Crippen molar-refractivity contribution in [1.29, 1.82) is 0 Å². The van der Waals surface area contributed by atoms with E-state index in [9.17, 15) is 20.1 Å². The highest BCUT2D eigenvalue weighted by Gasteiger charge is 2.37. The van der Waals surface area contributed by atoms with Crippen LogP contribution >= 0.6 is 0 Å². The first kappa shape index (κ1) is 18.7. The van der Waals surface area contributed by atoms with Crippen molar-refractivity contribution in [3.8, 4) is 28.7 Å². The molecule has 7 heteroatoms. The zero-order valence-corrected chi connectivity index (χ0v) is 15.1. The summed E-state index contributed by atoms with van der Waals surface area (Å²) in [5.41, 5.74) is 1.53. The Morgan fingerprint density at radius 3 is 2.26 bits per heavy atom. The minimum Gasteiger partial charge on any atom is -0.504 e. The van der Waals surface area contributed by atoms with Crippen molar-refractivity contribution in [2.75, 3.05) is 20.8 Å². The van der Waals surface area contributed by atoms with Gasteiger partial charge in [0.25, 0.3) is 0 Å². The van der Waals surface area contributed by atoms with E-state index in [4.69, 9.17) is 14.2 Å². The minimum absolute atomic E-state index is 0.0614. The average Bonchev–Trinajstić information content (AvgIpc) is 2.99. The summed E-state index contributed by atoms with van der Waals surface area (Å²) in [5.74, 6) is -0.963. The monoisotopic (exact) mass is 374 g/mol. The quantitative estimate of drug-likeness (QED) is 0.527. The second kappa shape index (κ2) is 7.65. The second-order valence-corrected chi connectivity index (χ2v) is 6.58. The van der Waals surface area contributed by atoms with Crippen molar-refractivity contribution < 1.29 is 34.3 Å². The molecule has 0 radical (unpaired) electrons.